The number of nitrogens with two attached hydrogens (primary N) is 1. The van der Waals surface area contributed by atoms with E-state index in [4.69, 9.17) is 10.8 Å². The lowest BCUT2D eigenvalue weighted by atomic mass is 10.3. The van der Waals surface area contributed by atoms with E-state index in [2.05, 4.69) is 5.32 Å². The second kappa shape index (κ2) is 6.55. The van der Waals surface area contributed by atoms with Crippen LogP contribution in [-0.4, -0.2) is 52.7 Å². The fourth-order valence-electron chi connectivity index (χ4n) is 1.14. The average Bonchev–Trinajstić information content (AvgIpc) is 2.19. The minimum absolute atomic E-state index is 0.358. The van der Waals surface area contributed by atoms with E-state index >= 15 is 0 Å². The average molecular weight is 236 g/mol. The zero-order valence-corrected chi connectivity index (χ0v) is 9.57. The highest BCUT2D eigenvalue weighted by molar-refractivity contribution is 8.06. The second-order valence-corrected chi connectivity index (χ2v) is 5.73. The molecule has 1 aliphatic heterocycles. The number of nitrogens with one attached hydrogen (secondary N) is 1. The normalized spacial score (nSPS) is 24.5. The Labute approximate surface area is 92.4 Å². The Bertz CT molecular complexity index is 186. The molecule has 1 saturated heterocycles. The Morgan fingerprint density at radius 1 is 1.64 bits per heavy atom. The van der Waals surface area contributed by atoms with Crippen molar-refractivity contribution in [1.29, 1.82) is 0 Å². The number of carbonyl (C=O) groups is 1. The number of thioether (sulfide) groups is 2. The summed E-state index contributed by atoms with van der Waals surface area (Å²) < 4.78 is 0. The van der Waals surface area contributed by atoms with E-state index in [1.54, 1.807) is 0 Å². The summed E-state index contributed by atoms with van der Waals surface area (Å²) in [5.74, 6) is 2.64. The maximum Gasteiger partial charge on any atom is 0.321 e. The van der Waals surface area contributed by atoms with E-state index in [-0.39, 0.29) is 0 Å². The van der Waals surface area contributed by atoms with E-state index in [9.17, 15) is 4.79 Å². The molecule has 2 atom stereocenters. The molecule has 0 aromatic heterocycles. The topological polar surface area (TPSA) is 75.3 Å². The summed E-state index contributed by atoms with van der Waals surface area (Å²) in [4.78, 5) is 10.4. The number of carboxylic acid groups (broad SMARTS) is 1. The van der Waals surface area contributed by atoms with Gasteiger partial charge in [0.25, 0.3) is 0 Å². The van der Waals surface area contributed by atoms with Gasteiger partial charge < -0.3 is 16.2 Å². The zero-order valence-electron chi connectivity index (χ0n) is 7.94. The van der Waals surface area contributed by atoms with E-state index in [1.807, 2.05) is 23.5 Å². The van der Waals surface area contributed by atoms with Gasteiger partial charge in [-0.1, -0.05) is 0 Å². The van der Waals surface area contributed by atoms with Crippen molar-refractivity contribution < 1.29 is 9.90 Å². The van der Waals surface area contributed by atoms with Crippen molar-refractivity contribution in [3.8, 4) is 0 Å². The summed E-state index contributed by atoms with van der Waals surface area (Å²) in [6.07, 6.45) is 0. The molecule has 1 rings (SSSR count). The van der Waals surface area contributed by atoms with Gasteiger partial charge in [-0.05, 0) is 0 Å². The first-order valence-electron chi connectivity index (χ1n) is 4.58. The standard InChI is InChI=1S/C8H16N2O2S2/c9-7(8(11)12)4-10-3-6-5-13-1-2-14-6/h6-7,10H,1-5,9H2,(H,11,12). The highest BCUT2D eigenvalue weighted by Crippen LogP contribution is 2.23. The summed E-state index contributed by atoms with van der Waals surface area (Å²) in [6.45, 7) is 1.22. The summed E-state index contributed by atoms with van der Waals surface area (Å²) in [5, 5.41) is 12.2. The van der Waals surface area contributed by atoms with Crippen molar-refractivity contribution in [2.75, 3.05) is 30.3 Å². The van der Waals surface area contributed by atoms with Crippen LogP contribution in [0.2, 0.25) is 0 Å². The Morgan fingerprint density at radius 3 is 3.00 bits per heavy atom. The van der Waals surface area contributed by atoms with Crippen LogP contribution in [0.25, 0.3) is 0 Å². The van der Waals surface area contributed by atoms with Gasteiger partial charge in [0.15, 0.2) is 0 Å². The maximum atomic E-state index is 10.4. The highest BCUT2D eigenvalue weighted by atomic mass is 32.2. The minimum Gasteiger partial charge on any atom is -0.480 e. The third-order valence-electron chi connectivity index (χ3n) is 1.94. The Kier molecular flexibility index (Phi) is 5.69. The molecule has 4 nitrogen and oxygen atoms in total. The van der Waals surface area contributed by atoms with Crippen LogP contribution < -0.4 is 11.1 Å². The summed E-state index contributed by atoms with van der Waals surface area (Å²) >= 11 is 3.91. The first-order valence-corrected chi connectivity index (χ1v) is 6.79. The van der Waals surface area contributed by atoms with Gasteiger partial charge in [-0.2, -0.15) is 23.5 Å². The number of hydrogen-bond acceptors (Lipinski definition) is 5. The Morgan fingerprint density at radius 2 is 2.43 bits per heavy atom. The maximum absolute atomic E-state index is 10.4. The Balaban J connectivity index is 2.05. The monoisotopic (exact) mass is 236 g/mol. The molecule has 1 aliphatic rings. The third kappa shape index (κ3) is 4.54. The predicted octanol–water partition coefficient (Wildman–Crippen LogP) is -0.163. The van der Waals surface area contributed by atoms with E-state index in [0.29, 0.717) is 11.8 Å². The SMILES string of the molecule is NC(CNCC1CSCCS1)C(=O)O. The minimum atomic E-state index is -0.942. The fraction of sp³-hybridized carbons (Fsp3) is 0.875. The molecule has 4 N–H and O–H groups in total. The van der Waals surface area contributed by atoms with Gasteiger partial charge in [0, 0.05) is 35.6 Å². The van der Waals surface area contributed by atoms with Crippen molar-refractivity contribution in [3.05, 3.63) is 0 Å². The van der Waals surface area contributed by atoms with Crippen molar-refractivity contribution in [2.45, 2.75) is 11.3 Å². The van der Waals surface area contributed by atoms with Gasteiger partial charge in [-0.25, -0.2) is 0 Å². The van der Waals surface area contributed by atoms with Gasteiger partial charge in [0.1, 0.15) is 6.04 Å². The number of rotatable bonds is 5. The molecule has 14 heavy (non-hydrogen) atoms. The van der Waals surface area contributed by atoms with Crippen LogP contribution in [-0.2, 0) is 4.79 Å². The van der Waals surface area contributed by atoms with Crippen molar-refractivity contribution in [3.63, 3.8) is 0 Å². The van der Waals surface area contributed by atoms with Crippen LogP contribution in [0.1, 0.15) is 0 Å². The highest BCUT2D eigenvalue weighted by Gasteiger charge is 2.15. The van der Waals surface area contributed by atoms with Crippen molar-refractivity contribution in [2.24, 2.45) is 5.73 Å². The molecule has 0 aromatic rings. The molecule has 0 bridgehead atoms. The summed E-state index contributed by atoms with van der Waals surface area (Å²) in [5.41, 5.74) is 5.36. The summed E-state index contributed by atoms with van der Waals surface area (Å²) in [7, 11) is 0. The van der Waals surface area contributed by atoms with E-state index < -0.39 is 12.0 Å². The molecule has 1 fully saturated rings. The predicted molar refractivity (Wildman–Crippen MR) is 62.1 cm³/mol. The van der Waals surface area contributed by atoms with Crippen LogP contribution in [0.3, 0.4) is 0 Å². The molecular weight excluding hydrogens is 220 g/mol. The van der Waals surface area contributed by atoms with Gasteiger partial charge in [-0.3, -0.25) is 4.79 Å². The zero-order chi connectivity index (χ0) is 10.4. The third-order valence-corrected chi connectivity index (χ3v) is 4.78. The van der Waals surface area contributed by atoms with E-state index in [0.717, 1.165) is 12.3 Å². The van der Waals surface area contributed by atoms with Crippen LogP contribution in [0, 0.1) is 0 Å². The molecule has 0 radical (unpaired) electrons. The lowest BCUT2D eigenvalue weighted by Crippen LogP contribution is -2.42. The largest absolute Gasteiger partial charge is 0.480 e. The van der Waals surface area contributed by atoms with Gasteiger partial charge in [-0.15, -0.1) is 0 Å². The molecule has 0 amide bonds. The Hall–Kier alpha value is 0.0900. The molecule has 82 valence electrons. The number of aliphatic carboxylic acids is 1. The van der Waals surface area contributed by atoms with Gasteiger partial charge in [0.05, 0.1) is 0 Å². The van der Waals surface area contributed by atoms with Gasteiger partial charge >= 0.3 is 5.97 Å². The fourth-order valence-corrected chi connectivity index (χ4v) is 3.79. The molecule has 1 heterocycles. The van der Waals surface area contributed by atoms with Crippen molar-refractivity contribution in [1.82, 2.24) is 5.32 Å². The molecule has 0 spiro atoms. The summed E-state index contributed by atoms with van der Waals surface area (Å²) in [6, 6.07) is -0.781. The first kappa shape index (κ1) is 12.2. The van der Waals surface area contributed by atoms with Crippen LogP contribution in [0.15, 0.2) is 0 Å². The van der Waals surface area contributed by atoms with Gasteiger partial charge in [0.2, 0.25) is 0 Å². The lowest BCUT2D eigenvalue weighted by molar-refractivity contribution is -0.138. The number of carboxylic acids is 1. The smallest absolute Gasteiger partial charge is 0.321 e. The molecule has 6 heteroatoms. The quantitative estimate of drug-likeness (QED) is 0.616. The van der Waals surface area contributed by atoms with Crippen LogP contribution in [0.5, 0.6) is 0 Å². The number of hydrogen-bond donors (Lipinski definition) is 3. The molecule has 0 aromatic carbocycles. The second-order valence-electron chi connectivity index (χ2n) is 3.17. The molecule has 2 unspecified atom stereocenters. The first-order chi connectivity index (χ1) is 6.70. The van der Waals surface area contributed by atoms with Crippen LogP contribution >= 0.6 is 23.5 Å². The van der Waals surface area contributed by atoms with E-state index in [1.165, 1.54) is 11.5 Å². The van der Waals surface area contributed by atoms with Crippen molar-refractivity contribution >= 4 is 29.5 Å². The molecule has 0 saturated carbocycles. The van der Waals surface area contributed by atoms with Crippen LogP contribution in [0.4, 0.5) is 0 Å². The lowest BCUT2D eigenvalue weighted by Gasteiger charge is -2.21. The molecular formula is C8H16N2O2S2. The molecule has 0 aliphatic carbocycles.